The van der Waals surface area contributed by atoms with E-state index < -0.39 is 11.4 Å². The maximum absolute atomic E-state index is 13.7. The number of piperidine rings is 1. The zero-order chi connectivity index (χ0) is 32.3. The number of hydrogen-bond donors (Lipinski definition) is 2. The van der Waals surface area contributed by atoms with Crippen molar-refractivity contribution in [1.29, 1.82) is 0 Å². The zero-order valence-corrected chi connectivity index (χ0v) is 27.0. The van der Waals surface area contributed by atoms with E-state index in [9.17, 15) is 14.0 Å². The Kier molecular flexibility index (Phi) is 9.72. The molecule has 0 spiro atoms. The number of halogens is 2. The number of carbonyl (C=O) groups is 2. The van der Waals surface area contributed by atoms with Crippen molar-refractivity contribution < 1.29 is 23.5 Å². The van der Waals surface area contributed by atoms with Crippen molar-refractivity contribution >= 4 is 51.6 Å². The van der Waals surface area contributed by atoms with Gasteiger partial charge in [0.05, 0.1) is 29.4 Å². The minimum absolute atomic E-state index is 0.00182. The molecule has 46 heavy (non-hydrogen) atoms. The standard InChI is InChI=1S/C34H40ClFN6O4/c1-34(2)20-42(18-32(44)46-34)17-22-9-12-41(13-10-22)11-3-4-31(43)40-29-15-25-28(16-30(29)45-19-23-5-6-23)37-21-38-33(25)39-24-7-8-27(36)26(35)14-24/h3-4,7-8,14-16,21-23H,5-6,9-13,17-20H2,1-2H3,(H,40,43)(H,37,38,39). The Labute approximate surface area is 273 Å². The molecule has 12 heteroatoms. The number of amides is 1. The minimum atomic E-state index is -0.508. The van der Waals surface area contributed by atoms with Crippen LogP contribution in [0.25, 0.3) is 10.9 Å². The van der Waals surface area contributed by atoms with E-state index in [0.29, 0.717) is 65.4 Å². The second kappa shape index (κ2) is 13.9. The van der Waals surface area contributed by atoms with Crippen LogP contribution in [0, 0.1) is 17.7 Å². The molecule has 244 valence electrons. The number of rotatable bonds is 11. The number of aromatic nitrogens is 2. The number of likely N-dealkylation sites (tertiary alicyclic amines) is 1. The first kappa shape index (κ1) is 32.2. The third-order valence-electron chi connectivity index (χ3n) is 8.55. The lowest BCUT2D eigenvalue weighted by molar-refractivity contribution is -0.169. The Morgan fingerprint density at radius 1 is 1.13 bits per heavy atom. The van der Waals surface area contributed by atoms with Crippen LogP contribution < -0.4 is 15.4 Å². The van der Waals surface area contributed by atoms with Crippen molar-refractivity contribution in [3.63, 3.8) is 0 Å². The van der Waals surface area contributed by atoms with Gasteiger partial charge in [0.2, 0.25) is 5.91 Å². The molecule has 3 heterocycles. The van der Waals surface area contributed by atoms with Crippen LogP contribution in [0.4, 0.5) is 21.6 Å². The van der Waals surface area contributed by atoms with Crippen LogP contribution in [0.1, 0.15) is 39.5 Å². The lowest BCUT2D eigenvalue weighted by Gasteiger charge is -2.40. The predicted molar refractivity (Wildman–Crippen MR) is 176 cm³/mol. The molecule has 2 N–H and O–H groups in total. The number of nitrogens with zero attached hydrogens (tertiary/aromatic N) is 4. The van der Waals surface area contributed by atoms with Gasteiger partial charge in [0.1, 0.15) is 29.3 Å². The molecule has 6 rings (SSSR count). The number of hydrogen-bond acceptors (Lipinski definition) is 9. The van der Waals surface area contributed by atoms with Crippen molar-refractivity contribution in [2.24, 2.45) is 11.8 Å². The number of esters is 1. The summed E-state index contributed by atoms with van der Waals surface area (Å²) in [4.78, 5) is 38.4. The van der Waals surface area contributed by atoms with Gasteiger partial charge in [-0.05, 0) is 88.7 Å². The van der Waals surface area contributed by atoms with Gasteiger partial charge in [-0.25, -0.2) is 14.4 Å². The van der Waals surface area contributed by atoms with Crippen molar-refractivity contribution in [2.75, 3.05) is 56.5 Å². The van der Waals surface area contributed by atoms with Gasteiger partial charge in [-0.1, -0.05) is 17.7 Å². The Bertz CT molecular complexity index is 1620. The summed E-state index contributed by atoms with van der Waals surface area (Å²) in [6.45, 7) is 9.07. The lowest BCUT2D eigenvalue weighted by atomic mass is 9.95. The SMILES string of the molecule is CC1(C)CN(CC2CCN(CC=CC(=O)Nc3cc4c(Nc5ccc(F)c(Cl)c5)ncnc4cc3OCC3CC3)CC2)CC(=O)O1. The van der Waals surface area contributed by atoms with Crippen molar-refractivity contribution in [1.82, 2.24) is 19.8 Å². The average Bonchev–Trinajstić information content (AvgIpc) is 3.83. The van der Waals surface area contributed by atoms with Gasteiger partial charge >= 0.3 is 5.97 Å². The summed E-state index contributed by atoms with van der Waals surface area (Å²) in [5.74, 6) is 1.17. The molecular weight excluding hydrogens is 611 g/mol. The molecule has 3 aromatic rings. The summed E-state index contributed by atoms with van der Waals surface area (Å²) in [6, 6.07) is 7.95. The first-order chi connectivity index (χ1) is 22.1. The molecule has 3 fully saturated rings. The number of carbonyl (C=O) groups excluding carboxylic acids is 2. The average molecular weight is 651 g/mol. The Morgan fingerprint density at radius 3 is 2.67 bits per heavy atom. The number of anilines is 3. The number of ether oxygens (including phenoxy) is 2. The third-order valence-corrected chi connectivity index (χ3v) is 8.84. The molecule has 1 aromatic heterocycles. The van der Waals surface area contributed by atoms with Crippen molar-refractivity contribution in [3.05, 3.63) is 59.7 Å². The second-order valence-corrected chi connectivity index (χ2v) is 13.5. The van der Waals surface area contributed by atoms with Gasteiger partial charge in [0, 0.05) is 42.9 Å². The molecular formula is C34H40ClFN6O4. The fraction of sp³-hybridized carbons (Fsp3) is 0.471. The van der Waals surface area contributed by atoms with E-state index >= 15 is 0 Å². The van der Waals surface area contributed by atoms with E-state index in [-0.39, 0.29) is 16.9 Å². The molecule has 1 amide bonds. The highest BCUT2D eigenvalue weighted by molar-refractivity contribution is 6.31. The molecule has 2 saturated heterocycles. The van der Waals surface area contributed by atoms with Gasteiger partial charge in [-0.2, -0.15) is 0 Å². The van der Waals surface area contributed by atoms with E-state index in [1.807, 2.05) is 19.9 Å². The minimum Gasteiger partial charge on any atom is -0.491 e. The van der Waals surface area contributed by atoms with Crippen LogP contribution >= 0.6 is 11.6 Å². The van der Waals surface area contributed by atoms with Crippen LogP contribution in [-0.4, -0.2) is 83.1 Å². The molecule has 3 aliphatic rings. The van der Waals surface area contributed by atoms with E-state index in [0.717, 1.165) is 51.9 Å². The van der Waals surface area contributed by atoms with Crippen molar-refractivity contribution in [3.8, 4) is 5.75 Å². The van der Waals surface area contributed by atoms with E-state index in [1.54, 1.807) is 24.3 Å². The fourth-order valence-electron chi connectivity index (χ4n) is 6.08. The fourth-order valence-corrected chi connectivity index (χ4v) is 6.26. The Balaban J connectivity index is 1.07. The zero-order valence-electron chi connectivity index (χ0n) is 26.2. The maximum Gasteiger partial charge on any atom is 0.320 e. The summed E-state index contributed by atoms with van der Waals surface area (Å²) >= 11 is 5.98. The maximum atomic E-state index is 13.7. The van der Waals surface area contributed by atoms with Crippen LogP contribution in [0.15, 0.2) is 48.8 Å². The number of cyclic esters (lactones) is 1. The Morgan fingerprint density at radius 2 is 1.93 bits per heavy atom. The number of nitrogens with one attached hydrogen (secondary N) is 2. The van der Waals surface area contributed by atoms with Gasteiger partial charge in [0.25, 0.3) is 0 Å². The largest absolute Gasteiger partial charge is 0.491 e. The topological polar surface area (TPSA) is 109 Å². The molecule has 1 saturated carbocycles. The first-order valence-electron chi connectivity index (χ1n) is 15.9. The second-order valence-electron chi connectivity index (χ2n) is 13.1. The molecule has 0 unspecified atom stereocenters. The number of morpholine rings is 1. The smallest absolute Gasteiger partial charge is 0.320 e. The number of fused-ring (bicyclic) bond motifs is 1. The lowest BCUT2D eigenvalue weighted by Crippen LogP contribution is -2.52. The van der Waals surface area contributed by atoms with Gasteiger partial charge < -0.3 is 20.1 Å². The first-order valence-corrected chi connectivity index (χ1v) is 16.3. The highest BCUT2D eigenvalue weighted by atomic mass is 35.5. The van der Waals surface area contributed by atoms with E-state index in [1.165, 1.54) is 18.5 Å². The molecule has 1 aliphatic carbocycles. The van der Waals surface area contributed by atoms with Crippen LogP contribution in [0.5, 0.6) is 5.75 Å². The normalized spacial score (nSPS) is 19.3. The quantitative estimate of drug-likeness (QED) is 0.197. The van der Waals surface area contributed by atoms with Crippen molar-refractivity contribution in [2.45, 2.75) is 45.1 Å². The molecule has 0 bridgehead atoms. The molecule has 0 radical (unpaired) electrons. The Hall–Kier alpha value is -3.80. The summed E-state index contributed by atoms with van der Waals surface area (Å²) in [5, 5.41) is 6.83. The molecule has 2 aromatic carbocycles. The van der Waals surface area contributed by atoms with Gasteiger partial charge in [-0.3, -0.25) is 19.4 Å². The third kappa shape index (κ3) is 8.51. The molecule has 10 nitrogen and oxygen atoms in total. The summed E-state index contributed by atoms with van der Waals surface area (Å²) in [6.07, 6.45) is 9.26. The molecule has 0 atom stereocenters. The van der Waals surface area contributed by atoms with Crippen LogP contribution in [0.3, 0.4) is 0 Å². The van der Waals surface area contributed by atoms with Crippen LogP contribution in [-0.2, 0) is 14.3 Å². The monoisotopic (exact) mass is 650 g/mol. The summed E-state index contributed by atoms with van der Waals surface area (Å²) in [5.41, 5.74) is 1.28. The van der Waals surface area contributed by atoms with Crippen LogP contribution in [0.2, 0.25) is 5.02 Å². The highest BCUT2D eigenvalue weighted by Crippen LogP contribution is 2.36. The predicted octanol–water partition coefficient (Wildman–Crippen LogP) is 5.80. The summed E-state index contributed by atoms with van der Waals surface area (Å²) < 4.78 is 25.3. The van der Waals surface area contributed by atoms with E-state index in [4.69, 9.17) is 21.1 Å². The molecule has 2 aliphatic heterocycles. The van der Waals surface area contributed by atoms with Gasteiger partial charge in [-0.15, -0.1) is 0 Å². The summed E-state index contributed by atoms with van der Waals surface area (Å²) in [7, 11) is 0. The number of benzene rings is 2. The van der Waals surface area contributed by atoms with Gasteiger partial charge in [0.15, 0.2) is 0 Å². The van der Waals surface area contributed by atoms with E-state index in [2.05, 4.69) is 30.4 Å². The highest BCUT2D eigenvalue weighted by Gasteiger charge is 2.34.